The average molecular weight is 392 g/mol. The van der Waals surface area contributed by atoms with E-state index in [9.17, 15) is 10.1 Å². The summed E-state index contributed by atoms with van der Waals surface area (Å²) in [6.07, 6.45) is 1.95. The molecule has 1 aliphatic heterocycles. The number of hydrogen-bond acceptors (Lipinski definition) is 7. The molecule has 3 rings (SSSR count). The Morgan fingerprint density at radius 2 is 2.23 bits per heavy atom. The van der Waals surface area contributed by atoms with Gasteiger partial charge < -0.3 is 10.2 Å². The second-order valence-corrected chi connectivity index (χ2v) is 7.03. The second kappa shape index (κ2) is 8.36. The number of aliphatic imine (C=N–C) groups is 1. The Kier molecular flexibility index (Phi) is 6.42. The van der Waals surface area contributed by atoms with E-state index in [1.807, 2.05) is 32.0 Å². The number of nitrogens with two attached hydrogens (primary N) is 1. The first kappa shape index (κ1) is 20.0. The lowest BCUT2D eigenvalue weighted by Crippen LogP contribution is -2.26. The predicted molar refractivity (Wildman–Crippen MR) is 104 cm³/mol. The van der Waals surface area contributed by atoms with Gasteiger partial charge in [-0.1, -0.05) is 17.8 Å². The first-order valence-electron chi connectivity index (χ1n) is 7.76. The highest BCUT2D eigenvalue weighted by Crippen LogP contribution is 2.31. The molecule has 0 fully saturated rings. The molecule has 26 heavy (non-hydrogen) atoms. The van der Waals surface area contributed by atoms with Gasteiger partial charge in [-0.15, -0.1) is 12.4 Å². The maximum Gasteiger partial charge on any atom is 0.262 e. The van der Waals surface area contributed by atoms with Gasteiger partial charge in [0, 0.05) is 11.6 Å². The number of hydrogen-bond donors (Lipinski definition) is 2. The SMILES string of the molecule is CC(C)Oc1c(C#N)cnc2ccc(CC3SC(NN)=NC3=O)cc12.Cl. The number of halogens is 1. The Balaban J connectivity index is 0.00000243. The molecule has 1 atom stereocenters. The molecule has 3 N–H and O–H groups in total. The van der Waals surface area contributed by atoms with Gasteiger partial charge in [0.2, 0.25) is 0 Å². The zero-order valence-corrected chi connectivity index (χ0v) is 15.9. The van der Waals surface area contributed by atoms with Crippen molar-refractivity contribution in [3.63, 3.8) is 0 Å². The predicted octanol–water partition coefficient (Wildman–Crippen LogP) is 2.32. The summed E-state index contributed by atoms with van der Waals surface area (Å²) >= 11 is 1.31. The van der Waals surface area contributed by atoms with Crippen LogP contribution in [0.15, 0.2) is 29.4 Å². The van der Waals surface area contributed by atoms with Crippen molar-refractivity contribution in [3.05, 3.63) is 35.5 Å². The van der Waals surface area contributed by atoms with Crippen molar-refractivity contribution < 1.29 is 9.53 Å². The number of aromatic nitrogens is 1. The monoisotopic (exact) mass is 391 g/mol. The second-order valence-electron chi connectivity index (χ2n) is 5.84. The lowest BCUT2D eigenvalue weighted by atomic mass is 10.0. The fourth-order valence-electron chi connectivity index (χ4n) is 2.58. The third-order valence-corrected chi connectivity index (χ3v) is 4.73. The molecule has 0 saturated heterocycles. The van der Waals surface area contributed by atoms with Crippen molar-refractivity contribution in [1.82, 2.24) is 10.4 Å². The minimum atomic E-state index is -0.315. The number of amidine groups is 1. The molecule has 0 bridgehead atoms. The molecule has 1 unspecified atom stereocenters. The van der Waals surface area contributed by atoms with Crippen LogP contribution in [0.3, 0.4) is 0 Å². The number of carbonyl (C=O) groups is 1. The molecule has 136 valence electrons. The van der Waals surface area contributed by atoms with E-state index in [1.54, 1.807) is 0 Å². The maximum absolute atomic E-state index is 11.9. The number of nitriles is 1. The summed E-state index contributed by atoms with van der Waals surface area (Å²) in [5.74, 6) is 5.63. The molecule has 0 aliphatic carbocycles. The van der Waals surface area contributed by atoms with Gasteiger partial charge in [0.15, 0.2) is 5.17 Å². The van der Waals surface area contributed by atoms with Crippen LogP contribution < -0.4 is 16.0 Å². The van der Waals surface area contributed by atoms with Crippen LogP contribution in [-0.2, 0) is 11.2 Å². The standard InChI is InChI=1S/C17H17N5O2S.ClH/c1-9(2)24-15-11(7-18)8-20-13-4-3-10(5-12(13)15)6-14-16(23)21-17(22-19)25-14;/h3-5,8-9,14H,6,19H2,1-2H3,(H,21,22,23);1H. The number of rotatable bonds is 4. The molecule has 0 radical (unpaired) electrons. The molecule has 7 nitrogen and oxygen atoms in total. The molecule has 2 aromatic rings. The van der Waals surface area contributed by atoms with Crippen LogP contribution in [0.1, 0.15) is 25.0 Å². The summed E-state index contributed by atoms with van der Waals surface area (Å²) < 4.78 is 5.85. The Morgan fingerprint density at radius 3 is 2.85 bits per heavy atom. The van der Waals surface area contributed by atoms with E-state index in [2.05, 4.69) is 21.5 Å². The molecule has 9 heteroatoms. The highest BCUT2D eigenvalue weighted by molar-refractivity contribution is 8.15. The van der Waals surface area contributed by atoms with Crippen LogP contribution in [0.4, 0.5) is 0 Å². The van der Waals surface area contributed by atoms with Crippen molar-refractivity contribution in [3.8, 4) is 11.8 Å². The molecular formula is C17H18ClN5O2S. The summed E-state index contributed by atoms with van der Waals surface area (Å²) in [4.78, 5) is 20.1. The Hall–Kier alpha value is -2.34. The molecule has 2 heterocycles. The van der Waals surface area contributed by atoms with Crippen LogP contribution in [0.25, 0.3) is 10.9 Å². The number of amides is 1. The maximum atomic E-state index is 11.9. The average Bonchev–Trinajstić information content (AvgIpc) is 2.95. The molecule has 1 aliphatic rings. The van der Waals surface area contributed by atoms with E-state index >= 15 is 0 Å². The fourth-order valence-corrected chi connectivity index (χ4v) is 3.49. The molecule has 0 spiro atoms. The number of benzene rings is 1. The lowest BCUT2D eigenvalue weighted by Gasteiger charge is -2.15. The van der Waals surface area contributed by atoms with Crippen LogP contribution in [0, 0.1) is 11.3 Å². The Bertz CT molecular complexity index is 910. The van der Waals surface area contributed by atoms with Gasteiger partial charge in [0.25, 0.3) is 5.91 Å². The first-order chi connectivity index (χ1) is 12.0. The molecule has 1 aromatic carbocycles. The number of nitrogens with one attached hydrogen (secondary N) is 1. The Morgan fingerprint density at radius 1 is 1.46 bits per heavy atom. The van der Waals surface area contributed by atoms with E-state index in [0.717, 1.165) is 16.5 Å². The van der Waals surface area contributed by atoms with Gasteiger partial charge in [-0.3, -0.25) is 9.78 Å². The highest BCUT2D eigenvalue weighted by Gasteiger charge is 2.28. The van der Waals surface area contributed by atoms with E-state index in [1.165, 1.54) is 18.0 Å². The van der Waals surface area contributed by atoms with Crippen molar-refractivity contribution >= 4 is 46.1 Å². The molecule has 0 saturated carbocycles. The van der Waals surface area contributed by atoms with Crippen molar-refractivity contribution in [1.29, 1.82) is 5.26 Å². The van der Waals surface area contributed by atoms with Gasteiger partial charge in [-0.2, -0.15) is 10.3 Å². The normalized spacial score (nSPS) is 16.2. The number of thioether (sulfide) groups is 1. The summed E-state index contributed by atoms with van der Waals surface area (Å²) in [5.41, 5.74) is 4.48. The van der Waals surface area contributed by atoms with E-state index in [-0.39, 0.29) is 29.7 Å². The lowest BCUT2D eigenvalue weighted by molar-refractivity contribution is -0.117. The van der Waals surface area contributed by atoms with Gasteiger partial charge in [-0.25, -0.2) is 5.84 Å². The van der Waals surface area contributed by atoms with E-state index in [4.69, 9.17) is 10.6 Å². The van der Waals surface area contributed by atoms with Crippen LogP contribution in [-0.4, -0.2) is 27.4 Å². The highest BCUT2D eigenvalue weighted by atomic mass is 35.5. The van der Waals surface area contributed by atoms with Crippen LogP contribution >= 0.6 is 24.2 Å². The summed E-state index contributed by atoms with van der Waals surface area (Å²) in [6, 6.07) is 7.83. The zero-order chi connectivity index (χ0) is 18.0. The van der Waals surface area contributed by atoms with Gasteiger partial charge >= 0.3 is 0 Å². The zero-order valence-electron chi connectivity index (χ0n) is 14.2. The number of ether oxygens (including phenoxy) is 1. The van der Waals surface area contributed by atoms with Gasteiger partial charge in [0.05, 0.1) is 16.9 Å². The number of carbonyl (C=O) groups excluding carboxylic acids is 1. The van der Waals surface area contributed by atoms with Crippen LogP contribution in [0.5, 0.6) is 5.75 Å². The minimum Gasteiger partial charge on any atom is -0.489 e. The number of fused-ring (bicyclic) bond motifs is 1. The van der Waals surface area contributed by atoms with Gasteiger partial charge in [-0.05, 0) is 38.0 Å². The third-order valence-electron chi connectivity index (χ3n) is 3.64. The topological polar surface area (TPSA) is 113 Å². The summed E-state index contributed by atoms with van der Waals surface area (Å²) in [7, 11) is 0. The van der Waals surface area contributed by atoms with Crippen molar-refractivity contribution in [2.24, 2.45) is 10.8 Å². The largest absolute Gasteiger partial charge is 0.489 e. The first-order valence-corrected chi connectivity index (χ1v) is 8.64. The quantitative estimate of drug-likeness (QED) is 0.607. The summed E-state index contributed by atoms with van der Waals surface area (Å²) in [5, 5.41) is 10.2. The molecule has 1 aromatic heterocycles. The van der Waals surface area contributed by atoms with Gasteiger partial charge in [0.1, 0.15) is 17.4 Å². The summed E-state index contributed by atoms with van der Waals surface area (Å²) in [6.45, 7) is 3.81. The number of pyridine rings is 1. The minimum absolute atomic E-state index is 0. The number of nitrogens with zero attached hydrogens (tertiary/aromatic N) is 3. The molecular weight excluding hydrogens is 374 g/mol. The van der Waals surface area contributed by atoms with E-state index < -0.39 is 0 Å². The van der Waals surface area contributed by atoms with Crippen molar-refractivity contribution in [2.45, 2.75) is 31.6 Å². The van der Waals surface area contributed by atoms with Crippen LogP contribution in [0.2, 0.25) is 0 Å². The molecule has 1 amide bonds. The third kappa shape index (κ3) is 4.07. The smallest absolute Gasteiger partial charge is 0.262 e. The van der Waals surface area contributed by atoms with E-state index in [0.29, 0.717) is 22.9 Å². The number of hydrazine groups is 1. The Labute approximate surface area is 161 Å². The fraction of sp³-hybridized carbons (Fsp3) is 0.294. The van der Waals surface area contributed by atoms with Crippen molar-refractivity contribution in [2.75, 3.05) is 0 Å².